The van der Waals surface area contributed by atoms with Crippen LogP contribution in [0.4, 0.5) is 0 Å². The smallest absolute Gasteiger partial charge is 0.256 e. The van der Waals surface area contributed by atoms with Gasteiger partial charge in [0.15, 0.2) is 0 Å². The summed E-state index contributed by atoms with van der Waals surface area (Å²) < 4.78 is 0. The van der Waals surface area contributed by atoms with Crippen LogP contribution < -0.4 is 0 Å². The SMILES string of the molecule is O=[N+]([O-])C1C=CC=CC1=CC1CC1. The van der Waals surface area contributed by atoms with Gasteiger partial charge in [0.25, 0.3) is 6.04 Å². The Bertz CT molecular complexity index is 311. The van der Waals surface area contributed by atoms with Crippen molar-refractivity contribution in [2.75, 3.05) is 0 Å². The fourth-order valence-corrected chi connectivity index (χ4v) is 1.43. The summed E-state index contributed by atoms with van der Waals surface area (Å²) in [6.45, 7) is 0. The molecular weight excluding hydrogens is 166 g/mol. The highest BCUT2D eigenvalue weighted by atomic mass is 16.6. The van der Waals surface area contributed by atoms with Crippen LogP contribution in [0.25, 0.3) is 0 Å². The lowest BCUT2D eigenvalue weighted by atomic mass is 10.0. The van der Waals surface area contributed by atoms with Gasteiger partial charge in [-0.25, -0.2) is 0 Å². The molecule has 0 bridgehead atoms. The van der Waals surface area contributed by atoms with Gasteiger partial charge < -0.3 is 0 Å². The van der Waals surface area contributed by atoms with Crippen LogP contribution >= 0.6 is 0 Å². The van der Waals surface area contributed by atoms with E-state index in [1.807, 2.05) is 18.2 Å². The van der Waals surface area contributed by atoms with E-state index < -0.39 is 6.04 Å². The van der Waals surface area contributed by atoms with E-state index >= 15 is 0 Å². The molecule has 68 valence electrons. The predicted molar refractivity (Wildman–Crippen MR) is 49.9 cm³/mol. The van der Waals surface area contributed by atoms with Crippen molar-refractivity contribution in [2.45, 2.75) is 18.9 Å². The first-order valence-electron chi connectivity index (χ1n) is 4.47. The van der Waals surface area contributed by atoms with Gasteiger partial charge in [-0.15, -0.1) is 0 Å². The maximum Gasteiger partial charge on any atom is 0.256 e. The second kappa shape index (κ2) is 3.17. The minimum atomic E-state index is -0.620. The van der Waals surface area contributed by atoms with E-state index in [4.69, 9.17) is 0 Å². The van der Waals surface area contributed by atoms with E-state index in [0.717, 1.165) is 5.57 Å². The molecule has 13 heavy (non-hydrogen) atoms. The molecule has 0 amide bonds. The van der Waals surface area contributed by atoms with Crippen LogP contribution in [0.2, 0.25) is 0 Å². The number of rotatable bonds is 2. The van der Waals surface area contributed by atoms with Gasteiger partial charge in [-0.05, 0) is 24.8 Å². The fourth-order valence-electron chi connectivity index (χ4n) is 1.43. The lowest BCUT2D eigenvalue weighted by Gasteiger charge is -2.08. The summed E-state index contributed by atoms with van der Waals surface area (Å²) in [7, 11) is 0. The Morgan fingerprint density at radius 2 is 2.23 bits per heavy atom. The van der Waals surface area contributed by atoms with Crippen LogP contribution in [0.3, 0.4) is 0 Å². The van der Waals surface area contributed by atoms with Crippen LogP contribution in [0.15, 0.2) is 36.0 Å². The minimum absolute atomic E-state index is 0.242. The lowest BCUT2D eigenvalue weighted by molar-refractivity contribution is -0.498. The number of hydrogen-bond acceptors (Lipinski definition) is 2. The molecule has 3 heteroatoms. The molecule has 0 aromatic carbocycles. The number of hydrogen-bond donors (Lipinski definition) is 0. The van der Waals surface area contributed by atoms with Crippen LogP contribution in [-0.4, -0.2) is 11.0 Å². The van der Waals surface area contributed by atoms with Crippen molar-refractivity contribution in [2.24, 2.45) is 5.92 Å². The first-order valence-corrected chi connectivity index (χ1v) is 4.47. The Labute approximate surface area is 76.6 Å². The molecule has 1 unspecified atom stereocenters. The summed E-state index contributed by atoms with van der Waals surface area (Å²) in [4.78, 5) is 10.4. The van der Waals surface area contributed by atoms with Crippen molar-refractivity contribution in [3.63, 3.8) is 0 Å². The molecule has 0 N–H and O–H groups in total. The Morgan fingerprint density at radius 1 is 1.46 bits per heavy atom. The highest BCUT2D eigenvalue weighted by Crippen LogP contribution is 2.33. The maximum absolute atomic E-state index is 10.6. The van der Waals surface area contributed by atoms with Gasteiger partial charge in [-0.3, -0.25) is 10.1 Å². The summed E-state index contributed by atoms with van der Waals surface area (Å²) in [5.74, 6) is 0.591. The zero-order valence-corrected chi connectivity index (χ0v) is 7.22. The quantitative estimate of drug-likeness (QED) is 0.478. The molecule has 0 spiro atoms. The molecule has 0 aromatic heterocycles. The van der Waals surface area contributed by atoms with Crippen molar-refractivity contribution in [3.8, 4) is 0 Å². The maximum atomic E-state index is 10.6. The molecule has 2 aliphatic rings. The third kappa shape index (κ3) is 1.86. The molecule has 2 aliphatic carbocycles. The summed E-state index contributed by atoms with van der Waals surface area (Å²) in [5.41, 5.74) is 0.843. The van der Waals surface area contributed by atoms with Gasteiger partial charge >= 0.3 is 0 Å². The molecular formula is C10H11NO2. The first-order chi connectivity index (χ1) is 6.27. The third-order valence-electron chi connectivity index (χ3n) is 2.31. The number of nitro groups is 1. The molecule has 1 fully saturated rings. The Kier molecular flexibility index (Phi) is 2.00. The van der Waals surface area contributed by atoms with Crippen molar-refractivity contribution >= 4 is 0 Å². The minimum Gasteiger partial charge on any atom is -0.264 e. The van der Waals surface area contributed by atoms with Crippen LogP contribution in [0.5, 0.6) is 0 Å². The zero-order valence-electron chi connectivity index (χ0n) is 7.22. The van der Waals surface area contributed by atoms with Crippen molar-refractivity contribution in [1.29, 1.82) is 0 Å². The number of allylic oxidation sites excluding steroid dienone is 3. The van der Waals surface area contributed by atoms with Gasteiger partial charge in [-0.1, -0.05) is 24.3 Å². The van der Waals surface area contributed by atoms with Gasteiger partial charge in [0.1, 0.15) is 0 Å². The molecule has 3 nitrogen and oxygen atoms in total. The third-order valence-corrected chi connectivity index (χ3v) is 2.31. The summed E-state index contributed by atoms with van der Waals surface area (Å²) in [6, 6.07) is -0.620. The van der Waals surface area contributed by atoms with Crippen LogP contribution in [0, 0.1) is 16.0 Å². The zero-order chi connectivity index (χ0) is 9.26. The molecule has 1 atom stereocenters. The topological polar surface area (TPSA) is 43.1 Å². The van der Waals surface area contributed by atoms with Gasteiger partial charge in [0, 0.05) is 10.5 Å². The number of nitrogens with zero attached hydrogens (tertiary/aromatic N) is 1. The normalized spacial score (nSPS) is 29.5. The van der Waals surface area contributed by atoms with Crippen LogP contribution in [0.1, 0.15) is 12.8 Å². The van der Waals surface area contributed by atoms with E-state index in [0.29, 0.717) is 5.92 Å². The van der Waals surface area contributed by atoms with Gasteiger partial charge in [0.2, 0.25) is 0 Å². The Balaban J connectivity index is 2.19. The predicted octanol–water partition coefficient (Wildman–Crippen LogP) is 2.09. The Hall–Kier alpha value is -1.38. The highest BCUT2D eigenvalue weighted by molar-refractivity contribution is 5.35. The Morgan fingerprint density at radius 3 is 2.85 bits per heavy atom. The van der Waals surface area contributed by atoms with E-state index in [2.05, 4.69) is 0 Å². The van der Waals surface area contributed by atoms with E-state index in [1.54, 1.807) is 12.2 Å². The van der Waals surface area contributed by atoms with Crippen LogP contribution in [-0.2, 0) is 0 Å². The summed E-state index contributed by atoms with van der Waals surface area (Å²) in [5, 5.41) is 10.6. The summed E-state index contributed by atoms with van der Waals surface area (Å²) >= 11 is 0. The molecule has 0 radical (unpaired) electrons. The average Bonchev–Trinajstić information content (AvgIpc) is 2.89. The second-order valence-electron chi connectivity index (χ2n) is 3.48. The average molecular weight is 177 g/mol. The van der Waals surface area contributed by atoms with E-state index in [1.165, 1.54) is 12.8 Å². The largest absolute Gasteiger partial charge is 0.264 e. The standard InChI is InChI=1S/C10H11NO2/c12-11(13)10-4-2-1-3-9(10)7-8-5-6-8/h1-4,7-8,10H,5-6H2. The first kappa shape index (κ1) is 8.23. The monoisotopic (exact) mass is 177 g/mol. The molecule has 0 heterocycles. The molecule has 2 rings (SSSR count). The van der Waals surface area contributed by atoms with Gasteiger partial charge in [0.05, 0.1) is 0 Å². The summed E-state index contributed by atoms with van der Waals surface area (Å²) in [6.07, 6.45) is 11.5. The second-order valence-corrected chi connectivity index (χ2v) is 3.48. The molecule has 0 saturated heterocycles. The molecule has 1 saturated carbocycles. The van der Waals surface area contributed by atoms with Crippen molar-refractivity contribution in [3.05, 3.63) is 46.1 Å². The lowest BCUT2D eigenvalue weighted by Crippen LogP contribution is -2.19. The molecule has 0 aliphatic heterocycles. The highest BCUT2D eigenvalue weighted by Gasteiger charge is 2.26. The van der Waals surface area contributed by atoms with E-state index in [9.17, 15) is 10.1 Å². The van der Waals surface area contributed by atoms with E-state index in [-0.39, 0.29) is 4.92 Å². The fraction of sp³-hybridized carbons (Fsp3) is 0.400. The van der Waals surface area contributed by atoms with Gasteiger partial charge in [-0.2, -0.15) is 0 Å². The van der Waals surface area contributed by atoms with Crippen molar-refractivity contribution in [1.82, 2.24) is 0 Å². The van der Waals surface area contributed by atoms with Crippen molar-refractivity contribution < 1.29 is 4.92 Å². The molecule has 0 aromatic rings.